The topological polar surface area (TPSA) is 51.3 Å². The number of furan rings is 1. The number of aromatic nitrogens is 2. The van der Waals surface area contributed by atoms with Gasteiger partial charge in [0.15, 0.2) is 0 Å². The number of hydrogen-bond acceptors (Lipinski definition) is 3. The van der Waals surface area contributed by atoms with Gasteiger partial charge < -0.3 is 9.32 Å². The summed E-state index contributed by atoms with van der Waals surface area (Å²) in [5.74, 6) is 0.679. The fourth-order valence-corrected chi connectivity index (χ4v) is 2.90. The molecule has 1 unspecified atom stereocenters. The average Bonchev–Trinajstić information content (AvgIpc) is 3.28. The zero-order chi connectivity index (χ0) is 18.7. The van der Waals surface area contributed by atoms with Gasteiger partial charge in [-0.3, -0.25) is 4.79 Å². The lowest BCUT2D eigenvalue weighted by Gasteiger charge is -2.21. The predicted octanol–water partition coefficient (Wildman–Crippen LogP) is 4.31. The summed E-state index contributed by atoms with van der Waals surface area (Å²) < 4.78 is 7.29. The summed E-state index contributed by atoms with van der Waals surface area (Å²) in [6.45, 7) is 5.90. The van der Waals surface area contributed by atoms with Crippen molar-refractivity contribution in [3.05, 3.63) is 77.5 Å². The highest BCUT2D eigenvalue weighted by Gasteiger charge is 2.18. The molecule has 0 spiro atoms. The van der Waals surface area contributed by atoms with Gasteiger partial charge in [-0.2, -0.15) is 5.10 Å². The van der Waals surface area contributed by atoms with E-state index in [1.54, 1.807) is 24.3 Å². The molecule has 1 aromatic carbocycles. The Morgan fingerprint density at radius 3 is 2.58 bits per heavy atom. The summed E-state index contributed by atoms with van der Waals surface area (Å²) in [6, 6.07) is 13.5. The number of hydrogen-bond donors (Lipinski definition) is 0. The number of rotatable bonds is 5. The van der Waals surface area contributed by atoms with Crippen molar-refractivity contribution in [3.63, 3.8) is 0 Å². The molecule has 0 saturated heterocycles. The second-order valence-corrected chi connectivity index (χ2v) is 6.31. The molecule has 5 nitrogen and oxygen atoms in total. The van der Waals surface area contributed by atoms with Crippen LogP contribution in [0.4, 0.5) is 0 Å². The number of likely N-dealkylation sites (N-methyl/N-ethyl adjacent to an activating group) is 1. The summed E-state index contributed by atoms with van der Waals surface area (Å²) >= 11 is 0. The van der Waals surface area contributed by atoms with Crippen LogP contribution in [0.5, 0.6) is 0 Å². The van der Waals surface area contributed by atoms with Gasteiger partial charge >= 0.3 is 0 Å². The maximum absolute atomic E-state index is 12.5. The van der Waals surface area contributed by atoms with Crippen LogP contribution in [-0.4, -0.2) is 27.6 Å². The Bertz CT molecular complexity index is 908. The molecule has 0 aliphatic heterocycles. The largest absolute Gasteiger partial charge is 0.467 e. The highest BCUT2D eigenvalue weighted by Crippen LogP contribution is 2.21. The van der Waals surface area contributed by atoms with Crippen molar-refractivity contribution in [1.29, 1.82) is 0 Å². The van der Waals surface area contributed by atoms with E-state index in [4.69, 9.17) is 4.42 Å². The van der Waals surface area contributed by atoms with Crippen LogP contribution in [0.1, 0.15) is 35.7 Å². The molecular formula is C21H23N3O2. The first-order chi connectivity index (χ1) is 12.5. The number of benzene rings is 1. The monoisotopic (exact) mass is 349 g/mol. The van der Waals surface area contributed by atoms with E-state index in [1.165, 1.54) is 0 Å². The van der Waals surface area contributed by atoms with Crippen LogP contribution >= 0.6 is 0 Å². The van der Waals surface area contributed by atoms with Crippen LogP contribution in [0.3, 0.4) is 0 Å². The third kappa shape index (κ3) is 3.47. The van der Waals surface area contributed by atoms with Gasteiger partial charge in [0.25, 0.3) is 0 Å². The maximum Gasteiger partial charge on any atom is 0.246 e. The molecule has 2 heterocycles. The number of carbonyl (C=O) groups excluding carboxylic acids is 1. The Morgan fingerprint density at radius 2 is 1.92 bits per heavy atom. The Morgan fingerprint density at radius 1 is 1.19 bits per heavy atom. The lowest BCUT2D eigenvalue weighted by molar-refractivity contribution is -0.126. The number of para-hydroxylation sites is 1. The Kier molecular flexibility index (Phi) is 5.07. The Hall–Kier alpha value is -3.08. The smallest absolute Gasteiger partial charge is 0.246 e. The molecule has 0 radical (unpaired) electrons. The molecule has 0 aliphatic carbocycles. The van der Waals surface area contributed by atoms with Crippen LogP contribution in [-0.2, 0) is 4.79 Å². The number of carbonyl (C=O) groups is 1. The Balaban J connectivity index is 1.80. The van der Waals surface area contributed by atoms with Crippen LogP contribution in [0.15, 0.2) is 59.2 Å². The zero-order valence-electron chi connectivity index (χ0n) is 15.5. The zero-order valence-corrected chi connectivity index (χ0v) is 15.5. The minimum absolute atomic E-state index is 0.0832. The third-order valence-electron chi connectivity index (χ3n) is 4.62. The van der Waals surface area contributed by atoms with Gasteiger partial charge in [0.2, 0.25) is 5.91 Å². The number of amides is 1. The summed E-state index contributed by atoms with van der Waals surface area (Å²) in [5.41, 5.74) is 3.85. The second-order valence-electron chi connectivity index (χ2n) is 6.31. The summed E-state index contributed by atoms with van der Waals surface area (Å²) in [4.78, 5) is 14.2. The van der Waals surface area contributed by atoms with E-state index in [9.17, 15) is 4.79 Å². The fraction of sp³-hybridized carbons (Fsp3) is 0.238. The lowest BCUT2D eigenvalue weighted by Crippen LogP contribution is -2.27. The minimum atomic E-state index is -0.128. The number of nitrogens with zero attached hydrogens (tertiary/aromatic N) is 3. The first-order valence-corrected chi connectivity index (χ1v) is 8.59. The molecule has 1 amide bonds. The van der Waals surface area contributed by atoms with Crippen LogP contribution in [0.25, 0.3) is 11.8 Å². The van der Waals surface area contributed by atoms with Crippen molar-refractivity contribution in [2.45, 2.75) is 26.8 Å². The molecule has 3 aromatic rings. The average molecular weight is 349 g/mol. The lowest BCUT2D eigenvalue weighted by atomic mass is 10.1. The van der Waals surface area contributed by atoms with Crippen LogP contribution < -0.4 is 0 Å². The normalized spacial score (nSPS) is 12.5. The summed E-state index contributed by atoms with van der Waals surface area (Å²) in [6.07, 6.45) is 5.04. The summed E-state index contributed by atoms with van der Waals surface area (Å²) in [7, 11) is 1.77. The van der Waals surface area contributed by atoms with Crippen LogP contribution in [0.2, 0.25) is 0 Å². The third-order valence-corrected chi connectivity index (χ3v) is 4.62. The van der Waals surface area contributed by atoms with Gasteiger partial charge in [0.05, 0.1) is 23.7 Å². The molecule has 0 saturated carbocycles. The molecule has 0 fully saturated rings. The van der Waals surface area contributed by atoms with E-state index in [1.807, 2.05) is 74.0 Å². The highest BCUT2D eigenvalue weighted by atomic mass is 16.3. The standard InChI is InChI=1S/C21H23N3O2/c1-15-19(16(2)24(22-15)18-9-6-5-7-10-18)12-13-21(25)23(4)17(3)20-11-8-14-26-20/h5-14,17H,1-4H3/b13-12+. The Labute approximate surface area is 153 Å². The molecule has 0 N–H and O–H groups in total. The molecular weight excluding hydrogens is 326 g/mol. The van der Waals surface area contributed by atoms with Gasteiger partial charge in [-0.15, -0.1) is 0 Å². The van der Waals surface area contributed by atoms with Crippen molar-refractivity contribution < 1.29 is 9.21 Å². The van der Waals surface area contributed by atoms with E-state index in [-0.39, 0.29) is 11.9 Å². The van der Waals surface area contributed by atoms with Gasteiger partial charge in [-0.1, -0.05) is 18.2 Å². The van der Waals surface area contributed by atoms with Crippen molar-refractivity contribution in [2.24, 2.45) is 0 Å². The van der Waals surface area contributed by atoms with E-state index < -0.39 is 0 Å². The first kappa shape index (κ1) is 17.7. The summed E-state index contributed by atoms with van der Waals surface area (Å²) in [5, 5.41) is 4.60. The van der Waals surface area contributed by atoms with Crippen molar-refractivity contribution in [2.75, 3.05) is 7.05 Å². The predicted molar refractivity (Wildman–Crippen MR) is 102 cm³/mol. The van der Waals surface area contributed by atoms with E-state index >= 15 is 0 Å². The van der Waals surface area contributed by atoms with Crippen molar-refractivity contribution >= 4 is 12.0 Å². The maximum atomic E-state index is 12.5. The minimum Gasteiger partial charge on any atom is -0.467 e. The van der Waals surface area contributed by atoms with Crippen molar-refractivity contribution in [1.82, 2.24) is 14.7 Å². The molecule has 3 rings (SSSR count). The van der Waals surface area contributed by atoms with Crippen LogP contribution in [0, 0.1) is 13.8 Å². The first-order valence-electron chi connectivity index (χ1n) is 8.59. The fourth-order valence-electron chi connectivity index (χ4n) is 2.90. The highest BCUT2D eigenvalue weighted by molar-refractivity contribution is 5.92. The molecule has 0 aliphatic rings. The van der Waals surface area contributed by atoms with E-state index in [2.05, 4.69) is 5.10 Å². The van der Waals surface area contributed by atoms with E-state index in [0.29, 0.717) is 0 Å². The van der Waals surface area contributed by atoms with Gasteiger partial charge in [-0.05, 0) is 51.1 Å². The molecule has 26 heavy (non-hydrogen) atoms. The number of aryl methyl sites for hydroxylation is 1. The molecule has 1 atom stereocenters. The van der Waals surface area contributed by atoms with Gasteiger partial charge in [0, 0.05) is 24.4 Å². The molecule has 2 aromatic heterocycles. The van der Waals surface area contributed by atoms with Gasteiger partial charge in [0.1, 0.15) is 5.76 Å². The second kappa shape index (κ2) is 7.44. The van der Waals surface area contributed by atoms with Crippen molar-refractivity contribution in [3.8, 4) is 5.69 Å². The quantitative estimate of drug-likeness (QED) is 0.645. The molecule has 134 valence electrons. The SMILES string of the molecule is Cc1nn(-c2ccccc2)c(C)c1/C=C/C(=O)N(C)C(C)c1ccco1. The molecule has 0 bridgehead atoms. The molecule has 5 heteroatoms. The van der Waals surface area contributed by atoms with Gasteiger partial charge in [-0.25, -0.2) is 4.68 Å². The van der Waals surface area contributed by atoms with E-state index in [0.717, 1.165) is 28.4 Å².